The van der Waals surface area contributed by atoms with E-state index >= 15 is 0 Å². The van der Waals surface area contributed by atoms with E-state index in [2.05, 4.69) is 52.6 Å². The number of piperazine rings is 1. The summed E-state index contributed by atoms with van der Waals surface area (Å²) >= 11 is 0. The van der Waals surface area contributed by atoms with E-state index in [9.17, 15) is 0 Å². The summed E-state index contributed by atoms with van der Waals surface area (Å²) in [5, 5.41) is 6.50. The monoisotopic (exact) mass is 372 g/mol. The van der Waals surface area contributed by atoms with Crippen molar-refractivity contribution in [2.75, 3.05) is 36.4 Å². The Bertz CT molecular complexity index is 1050. The first-order valence-electron chi connectivity index (χ1n) is 9.32. The van der Waals surface area contributed by atoms with Gasteiger partial charge in [-0.05, 0) is 30.3 Å². The third kappa shape index (κ3) is 3.37. The molecule has 4 aromatic rings. The van der Waals surface area contributed by atoms with Gasteiger partial charge in [0.05, 0.1) is 16.7 Å². The second-order valence-corrected chi connectivity index (χ2v) is 6.64. The Labute approximate surface area is 162 Å². The van der Waals surface area contributed by atoms with Crippen LogP contribution in [0, 0.1) is 0 Å². The number of para-hydroxylation sites is 2. The largest absolute Gasteiger partial charge is 0.354 e. The quantitative estimate of drug-likeness (QED) is 0.507. The van der Waals surface area contributed by atoms with Gasteiger partial charge in [0.1, 0.15) is 5.82 Å². The van der Waals surface area contributed by atoms with Crippen molar-refractivity contribution in [1.29, 1.82) is 0 Å². The molecule has 3 aromatic heterocycles. The summed E-state index contributed by atoms with van der Waals surface area (Å²) in [4.78, 5) is 23.5. The van der Waals surface area contributed by atoms with Gasteiger partial charge in [0, 0.05) is 44.1 Å². The van der Waals surface area contributed by atoms with E-state index in [1.165, 1.54) is 0 Å². The minimum Gasteiger partial charge on any atom is -0.354 e. The van der Waals surface area contributed by atoms with Crippen LogP contribution in [0.4, 0.5) is 17.7 Å². The molecule has 0 aliphatic carbocycles. The molecule has 8 heteroatoms. The van der Waals surface area contributed by atoms with Crippen LogP contribution in [0.25, 0.3) is 22.3 Å². The molecule has 0 atom stereocenters. The number of H-pyrrole nitrogens is 1. The van der Waals surface area contributed by atoms with Gasteiger partial charge in [0.2, 0.25) is 11.9 Å². The van der Waals surface area contributed by atoms with E-state index in [4.69, 9.17) is 0 Å². The number of nitrogens with one attached hydrogen (secondary N) is 3. The van der Waals surface area contributed by atoms with Crippen molar-refractivity contribution in [2.45, 2.75) is 0 Å². The highest BCUT2D eigenvalue weighted by Gasteiger charge is 2.12. The van der Waals surface area contributed by atoms with E-state index in [1.54, 1.807) is 6.20 Å². The number of aromatic nitrogens is 5. The SMILES string of the molecule is c1ccc2[nH]c(Nc3nccc(-c4ccc(N5CCNCC5)nc4)n3)nc2c1. The Kier molecular flexibility index (Phi) is 4.30. The number of fused-ring (bicyclic) bond motifs is 1. The lowest BCUT2D eigenvalue weighted by Gasteiger charge is -2.28. The molecule has 1 aromatic carbocycles. The molecule has 5 rings (SSSR count). The van der Waals surface area contributed by atoms with Gasteiger partial charge >= 0.3 is 0 Å². The third-order valence-corrected chi connectivity index (χ3v) is 4.76. The standard InChI is InChI=1S/C20H20N8/c1-2-4-17-16(3-1)25-20(26-17)27-19-22-8-7-15(24-19)14-5-6-18(23-13-14)28-11-9-21-10-12-28/h1-8,13,21H,9-12H2,(H2,22,24,25,26,27). The molecule has 4 heterocycles. The van der Waals surface area contributed by atoms with Crippen molar-refractivity contribution in [1.82, 2.24) is 30.2 Å². The van der Waals surface area contributed by atoms with Gasteiger partial charge in [-0.2, -0.15) is 0 Å². The van der Waals surface area contributed by atoms with Crippen LogP contribution in [0.1, 0.15) is 0 Å². The first-order valence-corrected chi connectivity index (χ1v) is 9.32. The number of pyridine rings is 1. The number of benzene rings is 1. The molecule has 8 nitrogen and oxygen atoms in total. The van der Waals surface area contributed by atoms with Crippen LogP contribution in [-0.2, 0) is 0 Å². The van der Waals surface area contributed by atoms with Gasteiger partial charge in [0.25, 0.3) is 0 Å². The summed E-state index contributed by atoms with van der Waals surface area (Å²) in [5.41, 5.74) is 3.63. The normalized spacial score (nSPS) is 14.4. The molecule has 28 heavy (non-hydrogen) atoms. The van der Waals surface area contributed by atoms with Crippen molar-refractivity contribution in [3.8, 4) is 11.3 Å². The third-order valence-electron chi connectivity index (χ3n) is 4.76. The topological polar surface area (TPSA) is 94.7 Å². The van der Waals surface area contributed by atoms with Crippen LogP contribution < -0.4 is 15.5 Å². The zero-order valence-electron chi connectivity index (χ0n) is 15.3. The van der Waals surface area contributed by atoms with Crippen molar-refractivity contribution in [2.24, 2.45) is 0 Å². The minimum atomic E-state index is 0.489. The van der Waals surface area contributed by atoms with E-state index in [0.717, 1.165) is 54.3 Å². The highest BCUT2D eigenvalue weighted by atomic mass is 15.2. The average Bonchev–Trinajstić information content (AvgIpc) is 3.17. The molecule has 0 radical (unpaired) electrons. The number of hydrogen-bond acceptors (Lipinski definition) is 7. The zero-order chi connectivity index (χ0) is 18.8. The highest BCUT2D eigenvalue weighted by molar-refractivity contribution is 5.77. The molecular weight excluding hydrogens is 352 g/mol. The molecule has 0 bridgehead atoms. The molecule has 1 aliphatic rings. The number of anilines is 3. The lowest BCUT2D eigenvalue weighted by atomic mass is 10.2. The highest BCUT2D eigenvalue weighted by Crippen LogP contribution is 2.21. The van der Waals surface area contributed by atoms with Crippen molar-refractivity contribution in [3.05, 3.63) is 54.9 Å². The van der Waals surface area contributed by atoms with E-state index < -0.39 is 0 Å². The molecule has 0 saturated carbocycles. The summed E-state index contributed by atoms with van der Waals surface area (Å²) in [6, 6.07) is 13.9. The maximum atomic E-state index is 4.62. The van der Waals surface area contributed by atoms with Crippen molar-refractivity contribution >= 4 is 28.7 Å². The summed E-state index contributed by atoms with van der Waals surface area (Å²) in [7, 11) is 0. The van der Waals surface area contributed by atoms with Crippen LogP contribution >= 0.6 is 0 Å². The van der Waals surface area contributed by atoms with Crippen molar-refractivity contribution < 1.29 is 0 Å². The second-order valence-electron chi connectivity index (χ2n) is 6.64. The van der Waals surface area contributed by atoms with Gasteiger partial charge in [-0.1, -0.05) is 12.1 Å². The number of imidazole rings is 1. The predicted octanol–water partition coefficient (Wildman–Crippen LogP) is 2.57. The van der Waals surface area contributed by atoms with Gasteiger partial charge in [-0.15, -0.1) is 0 Å². The zero-order valence-corrected chi connectivity index (χ0v) is 15.3. The lowest BCUT2D eigenvalue weighted by molar-refractivity contribution is 0.585. The molecule has 1 fully saturated rings. The summed E-state index contributed by atoms with van der Waals surface area (Å²) < 4.78 is 0. The summed E-state index contributed by atoms with van der Waals surface area (Å²) in [6.07, 6.45) is 3.60. The van der Waals surface area contributed by atoms with Gasteiger partial charge < -0.3 is 15.2 Å². The molecule has 140 valence electrons. The maximum absolute atomic E-state index is 4.62. The minimum absolute atomic E-state index is 0.489. The van der Waals surface area contributed by atoms with Crippen LogP contribution in [0.5, 0.6) is 0 Å². The molecule has 3 N–H and O–H groups in total. The number of hydrogen-bond donors (Lipinski definition) is 3. The van der Waals surface area contributed by atoms with Crippen LogP contribution in [0.2, 0.25) is 0 Å². The van der Waals surface area contributed by atoms with Crippen molar-refractivity contribution in [3.63, 3.8) is 0 Å². The smallest absolute Gasteiger partial charge is 0.230 e. The molecular formula is C20H20N8. The lowest BCUT2D eigenvalue weighted by Crippen LogP contribution is -2.43. The Morgan fingerprint density at radius 2 is 1.82 bits per heavy atom. The van der Waals surface area contributed by atoms with E-state index in [1.807, 2.05) is 36.5 Å². The maximum Gasteiger partial charge on any atom is 0.230 e. The molecule has 0 amide bonds. The first kappa shape index (κ1) is 16.6. The molecule has 1 aliphatic heterocycles. The van der Waals surface area contributed by atoms with E-state index in [-0.39, 0.29) is 0 Å². The number of aromatic amines is 1. The van der Waals surface area contributed by atoms with Gasteiger partial charge in [-0.25, -0.2) is 19.9 Å². The molecule has 0 spiro atoms. The average molecular weight is 372 g/mol. The van der Waals surface area contributed by atoms with Crippen LogP contribution in [0.3, 0.4) is 0 Å². The molecule has 1 saturated heterocycles. The summed E-state index contributed by atoms with van der Waals surface area (Å²) in [6.45, 7) is 3.94. The van der Waals surface area contributed by atoms with E-state index in [0.29, 0.717) is 11.9 Å². The number of nitrogens with zero attached hydrogens (tertiary/aromatic N) is 5. The number of rotatable bonds is 4. The van der Waals surface area contributed by atoms with Crippen LogP contribution in [0.15, 0.2) is 54.9 Å². The Morgan fingerprint density at radius 1 is 0.929 bits per heavy atom. The Morgan fingerprint density at radius 3 is 2.64 bits per heavy atom. The Hall–Kier alpha value is -3.52. The van der Waals surface area contributed by atoms with Gasteiger partial charge in [0.15, 0.2) is 0 Å². The fraction of sp³-hybridized carbons (Fsp3) is 0.200. The summed E-state index contributed by atoms with van der Waals surface area (Å²) in [5.74, 6) is 2.10. The molecule has 0 unspecified atom stereocenters. The van der Waals surface area contributed by atoms with Gasteiger partial charge in [-0.3, -0.25) is 5.32 Å². The fourth-order valence-electron chi connectivity index (χ4n) is 3.32. The second kappa shape index (κ2) is 7.24. The predicted molar refractivity (Wildman–Crippen MR) is 110 cm³/mol. The Balaban J connectivity index is 1.36. The first-order chi connectivity index (χ1) is 13.8. The fourth-order valence-corrected chi connectivity index (χ4v) is 3.32. The van der Waals surface area contributed by atoms with Crippen LogP contribution in [-0.4, -0.2) is 51.1 Å².